The average Bonchev–Trinajstić information content (AvgIpc) is 2.77. The number of hydrogen-bond acceptors (Lipinski definition) is 4. The van der Waals surface area contributed by atoms with E-state index >= 15 is 0 Å². The molecule has 1 atom stereocenters. The van der Waals surface area contributed by atoms with Crippen LogP contribution in [0.1, 0.15) is 29.8 Å². The van der Waals surface area contributed by atoms with Gasteiger partial charge in [0.05, 0.1) is 0 Å². The zero-order valence-corrected chi connectivity index (χ0v) is 13.4. The normalized spacial score (nSPS) is 19.4. The fourth-order valence-electron chi connectivity index (χ4n) is 2.33. The number of aromatic nitrogens is 1. The number of amides is 2. The first-order valence-corrected chi connectivity index (χ1v) is 8.52. The van der Waals surface area contributed by atoms with Crippen molar-refractivity contribution < 1.29 is 18.0 Å². The third-order valence-electron chi connectivity index (χ3n) is 3.63. The fourth-order valence-corrected chi connectivity index (χ4v) is 3.13. The Morgan fingerprint density at radius 1 is 1.41 bits per heavy atom. The van der Waals surface area contributed by atoms with Gasteiger partial charge in [-0.15, -0.1) is 0 Å². The van der Waals surface area contributed by atoms with Gasteiger partial charge in [-0.25, -0.2) is 13.1 Å². The number of hydrogen-bond donors (Lipinski definition) is 3. The molecule has 0 aromatic carbocycles. The Balaban J connectivity index is 2.18. The van der Waals surface area contributed by atoms with E-state index in [0.717, 1.165) is 12.8 Å². The summed E-state index contributed by atoms with van der Waals surface area (Å²) < 4.78 is 27.1. The SMILES string of the molecule is CNS(=O)(=O)c1cc(C(=O)NC2CCCCNC2=O)n(C)c1. The van der Waals surface area contributed by atoms with Crippen molar-refractivity contribution in [1.82, 2.24) is 19.9 Å². The lowest BCUT2D eigenvalue weighted by Crippen LogP contribution is -2.45. The van der Waals surface area contributed by atoms with E-state index in [4.69, 9.17) is 0 Å². The largest absolute Gasteiger partial charge is 0.354 e. The molecule has 1 aliphatic rings. The third-order valence-corrected chi connectivity index (χ3v) is 5.01. The van der Waals surface area contributed by atoms with Crippen LogP contribution in [0.25, 0.3) is 0 Å². The Kier molecular flexibility index (Phi) is 4.87. The Hall–Kier alpha value is -1.87. The summed E-state index contributed by atoms with van der Waals surface area (Å²) in [5.74, 6) is -0.676. The van der Waals surface area contributed by atoms with Gasteiger partial charge in [-0.2, -0.15) is 0 Å². The summed E-state index contributed by atoms with van der Waals surface area (Å²) >= 11 is 0. The zero-order chi connectivity index (χ0) is 16.3. The summed E-state index contributed by atoms with van der Waals surface area (Å²) in [6.45, 7) is 0.611. The highest BCUT2D eigenvalue weighted by atomic mass is 32.2. The van der Waals surface area contributed by atoms with Gasteiger partial charge in [-0.3, -0.25) is 9.59 Å². The van der Waals surface area contributed by atoms with Crippen LogP contribution in [0.3, 0.4) is 0 Å². The smallest absolute Gasteiger partial charge is 0.268 e. The molecule has 0 saturated carbocycles. The van der Waals surface area contributed by atoms with Gasteiger partial charge in [0.15, 0.2) is 0 Å². The molecule has 2 heterocycles. The maximum absolute atomic E-state index is 12.3. The molecule has 0 bridgehead atoms. The van der Waals surface area contributed by atoms with Gasteiger partial charge in [-0.05, 0) is 32.4 Å². The number of sulfonamides is 1. The highest BCUT2D eigenvalue weighted by Crippen LogP contribution is 2.14. The first kappa shape index (κ1) is 16.5. The number of aryl methyl sites for hydroxylation is 1. The Labute approximate surface area is 129 Å². The highest BCUT2D eigenvalue weighted by Gasteiger charge is 2.25. The molecule has 0 radical (unpaired) electrons. The van der Waals surface area contributed by atoms with E-state index < -0.39 is 22.0 Å². The molecule has 1 aromatic heterocycles. The molecule has 9 heteroatoms. The fraction of sp³-hybridized carbons (Fsp3) is 0.538. The van der Waals surface area contributed by atoms with Crippen molar-refractivity contribution in [3.8, 4) is 0 Å². The predicted octanol–water partition coefficient (Wildman–Crippen LogP) is -0.668. The topological polar surface area (TPSA) is 109 Å². The summed E-state index contributed by atoms with van der Waals surface area (Å²) in [5.41, 5.74) is 0.186. The Morgan fingerprint density at radius 3 is 2.82 bits per heavy atom. The van der Waals surface area contributed by atoms with Crippen LogP contribution in [0, 0.1) is 0 Å². The lowest BCUT2D eigenvalue weighted by atomic mass is 10.1. The molecule has 8 nitrogen and oxygen atoms in total. The first-order valence-electron chi connectivity index (χ1n) is 7.03. The van der Waals surface area contributed by atoms with Crippen molar-refractivity contribution in [2.75, 3.05) is 13.6 Å². The van der Waals surface area contributed by atoms with Crippen LogP contribution in [0.15, 0.2) is 17.2 Å². The molecular formula is C13H20N4O4S. The van der Waals surface area contributed by atoms with E-state index in [9.17, 15) is 18.0 Å². The maximum atomic E-state index is 12.3. The lowest BCUT2D eigenvalue weighted by molar-refractivity contribution is -0.122. The number of nitrogens with zero attached hydrogens (tertiary/aromatic N) is 1. The second kappa shape index (κ2) is 6.49. The molecule has 1 fully saturated rings. The monoisotopic (exact) mass is 328 g/mol. The second-order valence-corrected chi connectivity index (χ2v) is 7.08. The van der Waals surface area contributed by atoms with E-state index in [-0.39, 0.29) is 16.5 Å². The van der Waals surface area contributed by atoms with E-state index in [0.29, 0.717) is 13.0 Å². The van der Waals surface area contributed by atoms with Crippen molar-refractivity contribution in [3.05, 3.63) is 18.0 Å². The number of carbonyl (C=O) groups excluding carboxylic acids is 2. The van der Waals surface area contributed by atoms with Crippen molar-refractivity contribution in [3.63, 3.8) is 0 Å². The van der Waals surface area contributed by atoms with Crippen LogP contribution in [-0.4, -0.2) is 44.4 Å². The molecule has 3 N–H and O–H groups in total. The van der Waals surface area contributed by atoms with Gasteiger partial charge in [0.1, 0.15) is 16.6 Å². The zero-order valence-electron chi connectivity index (χ0n) is 12.5. The Bertz CT molecular complexity index is 680. The average molecular weight is 328 g/mol. The van der Waals surface area contributed by atoms with Crippen molar-refractivity contribution in [2.24, 2.45) is 7.05 Å². The van der Waals surface area contributed by atoms with E-state index in [1.165, 1.54) is 23.9 Å². The van der Waals surface area contributed by atoms with Crippen molar-refractivity contribution in [1.29, 1.82) is 0 Å². The van der Waals surface area contributed by atoms with Gasteiger partial charge in [-0.1, -0.05) is 0 Å². The molecule has 2 rings (SSSR count). The van der Waals surface area contributed by atoms with E-state index in [1.54, 1.807) is 7.05 Å². The summed E-state index contributed by atoms with van der Waals surface area (Å²) in [6, 6.07) is 0.699. The summed E-state index contributed by atoms with van der Waals surface area (Å²) in [6.07, 6.45) is 3.65. The van der Waals surface area contributed by atoms with E-state index in [1.807, 2.05) is 0 Å². The molecule has 1 saturated heterocycles. The summed E-state index contributed by atoms with van der Waals surface area (Å²) in [7, 11) is -0.730. The molecule has 1 aliphatic heterocycles. The predicted molar refractivity (Wildman–Crippen MR) is 79.8 cm³/mol. The molecule has 22 heavy (non-hydrogen) atoms. The van der Waals surface area contributed by atoms with Crippen LogP contribution < -0.4 is 15.4 Å². The number of nitrogens with one attached hydrogen (secondary N) is 3. The first-order chi connectivity index (χ1) is 10.3. The van der Waals surface area contributed by atoms with Gasteiger partial charge < -0.3 is 15.2 Å². The maximum Gasteiger partial charge on any atom is 0.268 e. The molecule has 1 aromatic rings. The molecule has 122 valence electrons. The molecular weight excluding hydrogens is 308 g/mol. The van der Waals surface area contributed by atoms with Crippen molar-refractivity contribution >= 4 is 21.8 Å². The Morgan fingerprint density at radius 2 is 2.14 bits per heavy atom. The van der Waals surface area contributed by atoms with Crippen LogP contribution in [0.2, 0.25) is 0 Å². The van der Waals surface area contributed by atoms with Crippen LogP contribution >= 0.6 is 0 Å². The van der Waals surface area contributed by atoms with Crippen LogP contribution in [0.5, 0.6) is 0 Å². The second-order valence-electron chi connectivity index (χ2n) is 5.19. The minimum absolute atomic E-state index is 0.00738. The minimum Gasteiger partial charge on any atom is -0.354 e. The molecule has 0 aliphatic carbocycles. The van der Waals surface area contributed by atoms with Gasteiger partial charge in [0, 0.05) is 19.8 Å². The van der Waals surface area contributed by atoms with E-state index in [2.05, 4.69) is 15.4 Å². The summed E-state index contributed by atoms with van der Waals surface area (Å²) in [4.78, 5) is 24.1. The number of carbonyl (C=O) groups is 2. The van der Waals surface area contributed by atoms with Crippen LogP contribution in [0.4, 0.5) is 0 Å². The van der Waals surface area contributed by atoms with Crippen molar-refractivity contribution in [2.45, 2.75) is 30.2 Å². The van der Waals surface area contributed by atoms with Gasteiger partial charge in [0.25, 0.3) is 5.91 Å². The highest BCUT2D eigenvalue weighted by molar-refractivity contribution is 7.89. The molecule has 2 amide bonds. The lowest BCUT2D eigenvalue weighted by Gasteiger charge is -2.15. The quantitative estimate of drug-likeness (QED) is 0.681. The summed E-state index contributed by atoms with van der Waals surface area (Å²) in [5, 5.41) is 5.40. The minimum atomic E-state index is -3.61. The molecule has 1 unspecified atom stereocenters. The van der Waals surface area contributed by atoms with Gasteiger partial charge >= 0.3 is 0 Å². The van der Waals surface area contributed by atoms with Crippen LogP contribution in [-0.2, 0) is 21.9 Å². The van der Waals surface area contributed by atoms with Gasteiger partial charge in [0.2, 0.25) is 15.9 Å². The third kappa shape index (κ3) is 3.47. The standard InChI is InChI=1S/C13H20N4O4S/c1-14-22(20,21)9-7-11(17(2)8-9)13(19)16-10-5-3-4-6-15-12(10)18/h7-8,10,14H,3-6H2,1-2H3,(H,15,18)(H,16,19). The number of rotatable bonds is 4. The molecule has 0 spiro atoms.